The molecule has 0 spiro atoms. The second kappa shape index (κ2) is 6.48. The molecular weight excluding hydrogens is 332 g/mol. The molecule has 5 heteroatoms. The minimum Gasteiger partial charge on any atom is -0.347 e. The number of aryl methyl sites for hydroxylation is 1. The first-order valence-corrected chi connectivity index (χ1v) is 9.41. The Hall–Kier alpha value is -2.40. The van der Waals surface area contributed by atoms with Crippen LogP contribution in [-0.4, -0.2) is 9.86 Å². The molecule has 1 heterocycles. The second-order valence-corrected chi connectivity index (χ2v) is 7.56. The summed E-state index contributed by atoms with van der Waals surface area (Å²) in [7, 11) is 0. The number of carbonyl (C=O) groups excluding carboxylic acids is 1. The van der Waals surface area contributed by atoms with E-state index in [2.05, 4.69) is 17.4 Å². The lowest BCUT2D eigenvalue weighted by atomic mass is 9.87. The number of rotatable bonds is 3. The maximum atomic E-state index is 12.8. The molecule has 0 saturated heterocycles. The number of fused-ring (bicyclic) bond motifs is 2. The van der Waals surface area contributed by atoms with E-state index in [1.165, 1.54) is 22.7 Å². The van der Waals surface area contributed by atoms with E-state index in [1.807, 2.05) is 36.4 Å². The Morgan fingerprint density at radius 1 is 1.20 bits per heavy atom. The van der Waals surface area contributed by atoms with E-state index in [4.69, 9.17) is 0 Å². The Morgan fingerprint density at radius 2 is 1.96 bits per heavy atom. The molecule has 0 aliphatic heterocycles. The van der Waals surface area contributed by atoms with Crippen LogP contribution in [0.5, 0.6) is 0 Å². The summed E-state index contributed by atoms with van der Waals surface area (Å²) >= 11 is 1.35. The van der Waals surface area contributed by atoms with Gasteiger partial charge in [-0.15, -0.1) is 0 Å². The van der Waals surface area contributed by atoms with E-state index < -0.39 is 6.04 Å². The van der Waals surface area contributed by atoms with E-state index in [1.54, 1.807) is 10.9 Å². The molecule has 0 radical (unpaired) electrons. The molecule has 4 nitrogen and oxygen atoms in total. The van der Waals surface area contributed by atoms with Crippen LogP contribution in [0.4, 0.5) is 0 Å². The van der Waals surface area contributed by atoms with Crippen molar-refractivity contribution in [2.24, 2.45) is 0 Å². The van der Waals surface area contributed by atoms with Crippen molar-refractivity contribution in [1.29, 1.82) is 0 Å². The van der Waals surface area contributed by atoms with Crippen LogP contribution < -0.4 is 10.9 Å². The first-order chi connectivity index (χ1) is 12.1. The highest BCUT2D eigenvalue weighted by Gasteiger charge is 2.25. The number of amides is 1. The van der Waals surface area contributed by atoms with Crippen LogP contribution in [0.3, 0.4) is 0 Å². The van der Waals surface area contributed by atoms with Crippen molar-refractivity contribution in [3.63, 3.8) is 0 Å². The van der Waals surface area contributed by atoms with Gasteiger partial charge < -0.3 is 5.32 Å². The summed E-state index contributed by atoms with van der Waals surface area (Å²) in [6.45, 7) is 1.79. The predicted molar refractivity (Wildman–Crippen MR) is 101 cm³/mol. The van der Waals surface area contributed by atoms with Crippen LogP contribution >= 0.6 is 11.5 Å². The Kier molecular flexibility index (Phi) is 4.17. The average Bonchev–Trinajstić information content (AvgIpc) is 2.98. The Labute approximate surface area is 150 Å². The van der Waals surface area contributed by atoms with Crippen LogP contribution in [0, 0.1) is 0 Å². The van der Waals surface area contributed by atoms with Crippen LogP contribution in [0.15, 0.2) is 53.3 Å². The Morgan fingerprint density at radius 3 is 2.80 bits per heavy atom. The van der Waals surface area contributed by atoms with Gasteiger partial charge in [-0.3, -0.25) is 13.5 Å². The van der Waals surface area contributed by atoms with Crippen molar-refractivity contribution in [1.82, 2.24) is 9.27 Å². The number of nitrogens with one attached hydrogen (secondary N) is 1. The fraction of sp³-hybridized carbons (Fsp3) is 0.300. The molecule has 3 aromatic rings. The third-order valence-corrected chi connectivity index (χ3v) is 6.16. The maximum Gasteiger partial charge on any atom is 0.269 e. The lowest BCUT2D eigenvalue weighted by Gasteiger charge is -2.27. The minimum atomic E-state index is -0.515. The van der Waals surface area contributed by atoms with E-state index >= 15 is 0 Å². The van der Waals surface area contributed by atoms with Crippen LogP contribution in [0.25, 0.3) is 10.1 Å². The van der Waals surface area contributed by atoms with Gasteiger partial charge in [0.05, 0.1) is 16.1 Å². The molecule has 1 aromatic heterocycles. The van der Waals surface area contributed by atoms with Gasteiger partial charge in [0.15, 0.2) is 0 Å². The monoisotopic (exact) mass is 352 g/mol. The molecule has 1 N–H and O–H groups in total. The lowest BCUT2D eigenvalue weighted by molar-refractivity contribution is -0.124. The van der Waals surface area contributed by atoms with Gasteiger partial charge in [0.2, 0.25) is 5.91 Å². The fourth-order valence-electron chi connectivity index (χ4n) is 3.55. The zero-order valence-corrected chi connectivity index (χ0v) is 14.9. The van der Waals surface area contributed by atoms with Gasteiger partial charge in [-0.25, -0.2) is 0 Å². The van der Waals surface area contributed by atoms with E-state index in [9.17, 15) is 9.59 Å². The van der Waals surface area contributed by atoms with Crippen molar-refractivity contribution < 1.29 is 4.79 Å². The van der Waals surface area contributed by atoms with Crippen molar-refractivity contribution in [3.8, 4) is 0 Å². The molecule has 25 heavy (non-hydrogen) atoms. The van der Waals surface area contributed by atoms with E-state index in [0.29, 0.717) is 5.39 Å². The highest BCUT2D eigenvalue weighted by atomic mass is 32.1. The Balaban J connectivity index is 1.59. The standard InChI is InChI=1S/C20H20N2O2S/c1-13(22-20(24)16-10-4-5-12-18(16)25-22)19(23)21-17-11-6-8-14-7-2-3-9-15(14)17/h2-5,7,9-10,12-13,17H,6,8,11H2,1H3,(H,21,23). The zero-order chi connectivity index (χ0) is 17.4. The van der Waals surface area contributed by atoms with Crippen molar-refractivity contribution >= 4 is 27.5 Å². The molecule has 1 aliphatic carbocycles. The largest absolute Gasteiger partial charge is 0.347 e. The van der Waals surface area contributed by atoms with Crippen molar-refractivity contribution in [2.45, 2.75) is 38.3 Å². The molecule has 1 amide bonds. The van der Waals surface area contributed by atoms with Gasteiger partial charge in [-0.05, 0) is 49.4 Å². The minimum absolute atomic E-state index is 0.0324. The number of hydrogen-bond acceptors (Lipinski definition) is 3. The van der Waals surface area contributed by atoms with E-state index in [0.717, 1.165) is 24.0 Å². The van der Waals surface area contributed by atoms with Gasteiger partial charge in [-0.2, -0.15) is 0 Å². The van der Waals surface area contributed by atoms with Crippen LogP contribution in [-0.2, 0) is 11.2 Å². The molecular formula is C20H20N2O2S. The number of hydrogen-bond donors (Lipinski definition) is 1. The summed E-state index contributed by atoms with van der Waals surface area (Å²) < 4.78 is 2.49. The topological polar surface area (TPSA) is 51.1 Å². The van der Waals surface area contributed by atoms with Gasteiger partial charge in [0.25, 0.3) is 5.56 Å². The lowest BCUT2D eigenvalue weighted by Crippen LogP contribution is -2.37. The molecule has 0 bridgehead atoms. The number of aromatic nitrogens is 1. The normalized spacial score (nSPS) is 17.9. The first-order valence-electron chi connectivity index (χ1n) is 8.64. The summed E-state index contributed by atoms with van der Waals surface area (Å²) in [4.78, 5) is 25.3. The third-order valence-electron chi connectivity index (χ3n) is 4.93. The average molecular weight is 352 g/mol. The van der Waals surface area contributed by atoms with Crippen LogP contribution in [0.1, 0.15) is 43.0 Å². The Bertz CT molecular complexity index is 989. The summed E-state index contributed by atoms with van der Waals surface area (Å²) in [6, 6.07) is 15.3. The summed E-state index contributed by atoms with van der Waals surface area (Å²) in [6.07, 6.45) is 3.07. The van der Waals surface area contributed by atoms with Gasteiger partial charge in [-0.1, -0.05) is 47.9 Å². The van der Waals surface area contributed by atoms with Gasteiger partial charge in [0, 0.05) is 0 Å². The van der Waals surface area contributed by atoms with Crippen molar-refractivity contribution in [3.05, 3.63) is 70.0 Å². The molecule has 2 unspecified atom stereocenters. The molecule has 1 aliphatic rings. The summed E-state index contributed by atoms with van der Waals surface area (Å²) in [5, 5.41) is 3.83. The van der Waals surface area contributed by atoms with Crippen molar-refractivity contribution in [2.75, 3.05) is 0 Å². The third kappa shape index (κ3) is 2.89. The van der Waals surface area contributed by atoms with Gasteiger partial charge in [0.1, 0.15) is 6.04 Å². The molecule has 2 atom stereocenters. The first kappa shape index (κ1) is 16.1. The summed E-state index contributed by atoms with van der Waals surface area (Å²) in [5.74, 6) is -0.102. The molecule has 2 aromatic carbocycles. The maximum absolute atomic E-state index is 12.8. The molecule has 0 fully saturated rings. The quantitative estimate of drug-likeness (QED) is 0.779. The van der Waals surface area contributed by atoms with Gasteiger partial charge >= 0.3 is 0 Å². The molecule has 4 rings (SSSR count). The predicted octanol–water partition coefficient (Wildman–Crippen LogP) is 3.82. The summed E-state index contributed by atoms with van der Waals surface area (Å²) in [5.41, 5.74) is 2.43. The fourth-order valence-corrected chi connectivity index (χ4v) is 4.59. The molecule has 0 saturated carbocycles. The highest BCUT2D eigenvalue weighted by molar-refractivity contribution is 7.14. The van der Waals surface area contributed by atoms with E-state index in [-0.39, 0.29) is 17.5 Å². The number of benzene rings is 2. The number of nitrogens with zero attached hydrogens (tertiary/aromatic N) is 1. The smallest absolute Gasteiger partial charge is 0.269 e. The van der Waals surface area contributed by atoms with Crippen LogP contribution in [0.2, 0.25) is 0 Å². The zero-order valence-electron chi connectivity index (χ0n) is 14.1. The SMILES string of the molecule is CC(C(=O)NC1CCCc2ccccc21)n1sc2ccccc2c1=O. The highest BCUT2D eigenvalue weighted by Crippen LogP contribution is 2.30. The number of carbonyl (C=O) groups is 1. The molecule has 128 valence electrons. The second-order valence-electron chi connectivity index (χ2n) is 6.55.